The van der Waals surface area contributed by atoms with Gasteiger partial charge in [-0.2, -0.15) is 0 Å². The summed E-state index contributed by atoms with van der Waals surface area (Å²) < 4.78 is 2.13. The molecule has 0 saturated carbocycles. The molecule has 0 amide bonds. The summed E-state index contributed by atoms with van der Waals surface area (Å²) in [6.07, 6.45) is 7.29. The van der Waals surface area contributed by atoms with E-state index in [2.05, 4.69) is 49.3 Å². The molecule has 16 heavy (non-hydrogen) atoms. The van der Waals surface area contributed by atoms with Crippen LogP contribution < -0.4 is 0 Å². The van der Waals surface area contributed by atoms with Gasteiger partial charge in [-0.15, -0.1) is 0 Å². The van der Waals surface area contributed by atoms with Crippen LogP contribution in [0.2, 0.25) is 0 Å². The molecule has 0 atom stereocenters. The fourth-order valence-electron chi connectivity index (χ4n) is 3.36. The second kappa shape index (κ2) is 2.68. The predicted molar refractivity (Wildman–Crippen MR) is 65.9 cm³/mol. The number of nitrogens with zero attached hydrogens (tertiary/aromatic N) is 2. The molecule has 1 aliphatic carbocycles. The van der Waals surface area contributed by atoms with Crippen molar-refractivity contribution in [1.29, 1.82) is 0 Å². The standard InChI is InChI=1S/C14H18N2/c1-13(2)8-14(3,4)12-7-16-9-15-6-10(16)5-11(12)13/h5-7,9H,8H2,1-4H3. The van der Waals surface area contributed by atoms with Crippen LogP contribution in [0.25, 0.3) is 5.52 Å². The van der Waals surface area contributed by atoms with Crippen LogP contribution in [0.4, 0.5) is 0 Å². The average molecular weight is 214 g/mol. The van der Waals surface area contributed by atoms with Gasteiger partial charge in [-0.1, -0.05) is 27.7 Å². The summed E-state index contributed by atoms with van der Waals surface area (Å²) in [5, 5.41) is 0. The first-order valence-corrected chi connectivity index (χ1v) is 5.87. The highest BCUT2D eigenvalue weighted by atomic mass is 15.0. The van der Waals surface area contributed by atoms with Crippen molar-refractivity contribution in [2.75, 3.05) is 0 Å². The lowest BCUT2D eigenvalue weighted by Crippen LogP contribution is -2.18. The normalized spacial score (nSPS) is 21.2. The van der Waals surface area contributed by atoms with Gasteiger partial charge in [0.15, 0.2) is 0 Å². The van der Waals surface area contributed by atoms with Gasteiger partial charge in [-0.25, -0.2) is 4.98 Å². The highest BCUT2D eigenvalue weighted by Gasteiger charge is 2.42. The van der Waals surface area contributed by atoms with Crippen molar-refractivity contribution >= 4 is 5.52 Å². The van der Waals surface area contributed by atoms with Gasteiger partial charge in [-0.3, -0.25) is 0 Å². The molecular formula is C14H18N2. The smallest absolute Gasteiger partial charge is 0.0992 e. The van der Waals surface area contributed by atoms with Crippen LogP contribution in [0, 0.1) is 0 Å². The third-order valence-electron chi connectivity index (χ3n) is 3.89. The first-order valence-electron chi connectivity index (χ1n) is 5.87. The molecule has 0 bridgehead atoms. The Morgan fingerprint density at radius 1 is 1.12 bits per heavy atom. The first-order chi connectivity index (χ1) is 7.40. The second-order valence-electron chi connectivity index (χ2n) is 6.27. The van der Waals surface area contributed by atoms with Crippen molar-refractivity contribution in [2.24, 2.45) is 0 Å². The van der Waals surface area contributed by atoms with E-state index in [1.807, 2.05) is 12.5 Å². The van der Waals surface area contributed by atoms with Gasteiger partial charge in [-0.05, 0) is 34.4 Å². The monoisotopic (exact) mass is 214 g/mol. The Morgan fingerprint density at radius 2 is 1.81 bits per heavy atom. The molecule has 2 heterocycles. The lowest BCUT2D eigenvalue weighted by Gasteiger charge is -2.22. The minimum absolute atomic E-state index is 0.275. The number of hydrogen-bond acceptors (Lipinski definition) is 1. The molecule has 2 nitrogen and oxygen atoms in total. The van der Waals surface area contributed by atoms with E-state index < -0.39 is 0 Å². The van der Waals surface area contributed by atoms with E-state index in [0.717, 1.165) is 0 Å². The fourth-order valence-corrected chi connectivity index (χ4v) is 3.36. The van der Waals surface area contributed by atoms with Gasteiger partial charge in [0, 0.05) is 6.20 Å². The molecule has 0 saturated heterocycles. The van der Waals surface area contributed by atoms with E-state index >= 15 is 0 Å². The topological polar surface area (TPSA) is 17.3 Å². The van der Waals surface area contributed by atoms with Gasteiger partial charge in [0.05, 0.1) is 18.0 Å². The van der Waals surface area contributed by atoms with Crippen LogP contribution >= 0.6 is 0 Å². The molecule has 0 spiro atoms. The third kappa shape index (κ3) is 1.16. The first kappa shape index (κ1) is 9.88. The van der Waals surface area contributed by atoms with Crippen molar-refractivity contribution in [2.45, 2.75) is 44.9 Å². The van der Waals surface area contributed by atoms with Crippen molar-refractivity contribution in [3.8, 4) is 0 Å². The number of aromatic nitrogens is 2. The molecule has 0 aromatic carbocycles. The molecule has 2 heteroatoms. The van der Waals surface area contributed by atoms with E-state index in [0.29, 0.717) is 0 Å². The van der Waals surface area contributed by atoms with E-state index in [-0.39, 0.29) is 10.8 Å². The maximum absolute atomic E-state index is 4.20. The minimum Gasteiger partial charge on any atom is -0.306 e. The molecule has 0 unspecified atom stereocenters. The Kier molecular flexibility index (Phi) is 1.65. The van der Waals surface area contributed by atoms with Crippen LogP contribution in [-0.2, 0) is 10.8 Å². The zero-order chi connectivity index (χ0) is 11.6. The number of imidazole rings is 1. The summed E-state index contributed by atoms with van der Waals surface area (Å²) in [5.74, 6) is 0. The Labute approximate surface area is 96.3 Å². The molecule has 0 N–H and O–H groups in total. The summed E-state index contributed by atoms with van der Waals surface area (Å²) in [5.41, 5.74) is 4.72. The van der Waals surface area contributed by atoms with Gasteiger partial charge in [0.2, 0.25) is 0 Å². The lowest BCUT2D eigenvalue weighted by molar-refractivity contribution is 0.403. The SMILES string of the molecule is CC1(C)CC(C)(C)c2cn3cncc3cc21. The van der Waals surface area contributed by atoms with Crippen LogP contribution in [0.15, 0.2) is 24.8 Å². The van der Waals surface area contributed by atoms with E-state index in [9.17, 15) is 0 Å². The summed E-state index contributed by atoms with van der Waals surface area (Å²) >= 11 is 0. The summed E-state index contributed by atoms with van der Waals surface area (Å²) in [4.78, 5) is 4.20. The van der Waals surface area contributed by atoms with Crippen LogP contribution in [0.3, 0.4) is 0 Å². The number of hydrogen-bond donors (Lipinski definition) is 0. The third-order valence-corrected chi connectivity index (χ3v) is 3.89. The lowest BCUT2D eigenvalue weighted by atomic mass is 9.82. The highest BCUT2D eigenvalue weighted by Crippen LogP contribution is 2.49. The van der Waals surface area contributed by atoms with Crippen molar-refractivity contribution in [3.05, 3.63) is 35.9 Å². The molecule has 2 aromatic rings. The zero-order valence-corrected chi connectivity index (χ0v) is 10.4. The Hall–Kier alpha value is -1.31. The van der Waals surface area contributed by atoms with Crippen molar-refractivity contribution in [1.82, 2.24) is 9.38 Å². The van der Waals surface area contributed by atoms with E-state index in [4.69, 9.17) is 0 Å². The summed E-state index contributed by atoms with van der Waals surface area (Å²) in [7, 11) is 0. The maximum atomic E-state index is 4.20. The average Bonchev–Trinajstić information content (AvgIpc) is 2.66. The number of fused-ring (bicyclic) bond motifs is 2. The number of pyridine rings is 1. The van der Waals surface area contributed by atoms with Crippen LogP contribution in [0.1, 0.15) is 45.2 Å². The van der Waals surface area contributed by atoms with E-state index in [1.165, 1.54) is 23.1 Å². The van der Waals surface area contributed by atoms with Crippen LogP contribution in [-0.4, -0.2) is 9.38 Å². The van der Waals surface area contributed by atoms with E-state index in [1.54, 1.807) is 0 Å². The molecule has 0 aliphatic heterocycles. The molecule has 84 valence electrons. The zero-order valence-electron chi connectivity index (χ0n) is 10.4. The quantitative estimate of drug-likeness (QED) is 0.657. The molecule has 0 fully saturated rings. The summed E-state index contributed by atoms with van der Waals surface area (Å²) in [6.45, 7) is 9.35. The van der Waals surface area contributed by atoms with Crippen LogP contribution in [0.5, 0.6) is 0 Å². The number of rotatable bonds is 0. The van der Waals surface area contributed by atoms with Gasteiger partial charge >= 0.3 is 0 Å². The summed E-state index contributed by atoms with van der Waals surface area (Å²) in [6, 6.07) is 2.30. The molecule has 3 rings (SSSR count). The largest absolute Gasteiger partial charge is 0.306 e. The molecular weight excluding hydrogens is 196 g/mol. The van der Waals surface area contributed by atoms with Crippen molar-refractivity contribution in [3.63, 3.8) is 0 Å². The Balaban J connectivity index is 2.37. The Bertz CT molecular complexity index is 513. The maximum Gasteiger partial charge on any atom is 0.0992 e. The second-order valence-corrected chi connectivity index (χ2v) is 6.27. The van der Waals surface area contributed by atoms with Crippen molar-refractivity contribution < 1.29 is 0 Å². The fraction of sp³-hybridized carbons (Fsp3) is 0.500. The van der Waals surface area contributed by atoms with Gasteiger partial charge in [0.1, 0.15) is 0 Å². The molecule has 1 aliphatic rings. The molecule has 0 radical (unpaired) electrons. The van der Waals surface area contributed by atoms with Gasteiger partial charge in [0.25, 0.3) is 0 Å². The predicted octanol–water partition coefficient (Wildman–Crippen LogP) is 3.29. The Morgan fingerprint density at radius 3 is 2.56 bits per heavy atom. The van der Waals surface area contributed by atoms with Gasteiger partial charge < -0.3 is 4.40 Å². The highest BCUT2D eigenvalue weighted by molar-refractivity contribution is 5.55. The molecule has 2 aromatic heterocycles. The minimum atomic E-state index is 0.275.